The smallest absolute Gasteiger partial charge is 0.336 e. The van der Waals surface area contributed by atoms with Crippen molar-refractivity contribution in [2.45, 2.75) is 19.8 Å². The Bertz CT molecular complexity index is 755. The lowest BCUT2D eigenvalue weighted by Crippen LogP contribution is -2.32. The third-order valence-electron chi connectivity index (χ3n) is 3.95. The van der Waals surface area contributed by atoms with Gasteiger partial charge in [-0.2, -0.15) is 0 Å². The molecule has 0 saturated heterocycles. The Morgan fingerprint density at radius 1 is 1.16 bits per heavy atom. The van der Waals surface area contributed by atoms with E-state index in [9.17, 15) is 9.59 Å². The fraction of sp³-hybridized carbons (Fsp3) is 0.333. The van der Waals surface area contributed by atoms with Crippen LogP contribution in [0.15, 0.2) is 46.8 Å². The number of rotatable bonds is 5. The summed E-state index contributed by atoms with van der Waals surface area (Å²) >= 11 is 6.35. The summed E-state index contributed by atoms with van der Waals surface area (Å²) < 4.78 is 10.1. The van der Waals surface area contributed by atoms with Crippen molar-refractivity contribution >= 4 is 23.5 Å². The average molecular weight is 365 g/mol. The van der Waals surface area contributed by atoms with Crippen molar-refractivity contribution in [3.63, 3.8) is 0 Å². The van der Waals surface area contributed by atoms with Gasteiger partial charge in [0, 0.05) is 23.0 Å². The zero-order chi connectivity index (χ0) is 18.6. The van der Waals surface area contributed by atoms with Crippen LogP contribution in [0, 0.1) is 0 Å². The molecule has 0 aromatic heterocycles. The highest BCUT2D eigenvalue weighted by molar-refractivity contribution is 6.31. The summed E-state index contributed by atoms with van der Waals surface area (Å²) in [5, 5.41) is 3.50. The summed E-state index contributed by atoms with van der Waals surface area (Å²) in [4.78, 5) is 25.0. The number of carbonyl (C=O) groups is 2. The minimum Gasteiger partial charge on any atom is -0.466 e. The van der Waals surface area contributed by atoms with Gasteiger partial charge < -0.3 is 20.5 Å². The van der Waals surface area contributed by atoms with Crippen LogP contribution in [-0.2, 0) is 19.1 Å². The number of nitrogens with one attached hydrogen (secondary N) is 1. The van der Waals surface area contributed by atoms with E-state index >= 15 is 0 Å². The van der Waals surface area contributed by atoms with Crippen molar-refractivity contribution in [3.05, 3.63) is 57.4 Å². The third-order valence-corrected chi connectivity index (χ3v) is 4.30. The molecule has 7 heteroatoms. The average Bonchev–Trinajstić information content (AvgIpc) is 2.59. The molecule has 1 unspecified atom stereocenters. The number of benzene rings is 1. The van der Waals surface area contributed by atoms with Crippen LogP contribution < -0.4 is 11.1 Å². The van der Waals surface area contributed by atoms with Gasteiger partial charge in [0.2, 0.25) is 0 Å². The largest absolute Gasteiger partial charge is 0.466 e. The van der Waals surface area contributed by atoms with Crippen molar-refractivity contribution < 1.29 is 19.1 Å². The number of halogens is 1. The molecule has 3 N–H and O–H groups in total. The molecule has 1 atom stereocenters. The van der Waals surface area contributed by atoms with Crippen LogP contribution in [0.4, 0.5) is 0 Å². The number of carbonyl (C=O) groups excluding carboxylic acids is 2. The number of esters is 2. The maximum atomic E-state index is 12.6. The van der Waals surface area contributed by atoms with Crippen LogP contribution >= 0.6 is 11.6 Å². The molecular formula is C18H21ClN2O4. The predicted molar refractivity (Wildman–Crippen MR) is 94.8 cm³/mol. The normalized spacial score (nSPS) is 17.2. The highest BCUT2D eigenvalue weighted by Crippen LogP contribution is 2.41. The van der Waals surface area contributed by atoms with E-state index in [1.807, 2.05) is 0 Å². The zero-order valence-electron chi connectivity index (χ0n) is 14.4. The summed E-state index contributed by atoms with van der Waals surface area (Å²) in [6.45, 7) is 3.80. The predicted octanol–water partition coefficient (Wildman–Crippen LogP) is 2.25. The molecule has 0 radical (unpaired) electrons. The Balaban J connectivity index is 2.63. The molecule has 1 aliphatic rings. The van der Waals surface area contributed by atoms with E-state index < -0.39 is 17.9 Å². The first-order valence-electron chi connectivity index (χ1n) is 7.80. The van der Waals surface area contributed by atoms with Crippen LogP contribution in [0.5, 0.6) is 0 Å². The Kier molecular flexibility index (Phi) is 6.22. The second-order valence-electron chi connectivity index (χ2n) is 5.57. The summed E-state index contributed by atoms with van der Waals surface area (Å²) in [5.74, 6) is -1.77. The molecule has 0 aliphatic carbocycles. The first-order valence-corrected chi connectivity index (χ1v) is 8.18. The summed E-state index contributed by atoms with van der Waals surface area (Å²) in [6.07, 6.45) is 0. The molecule has 0 fully saturated rings. The van der Waals surface area contributed by atoms with Crippen LogP contribution in [0.25, 0.3) is 0 Å². The lowest BCUT2D eigenvalue weighted by molar-refractivity contribution is -0.139. The zero-order valence-corrected chi connectivity index (χ0v) is 15.1. The SMILES string of the molecule is COC(=O)C1=C(C)NC(C)=C(C(=O)OCCN)C1c1ccccc1Cl. The first kappa shape index (κ1) is 19.0. The van der Waals surface area contributed by atoms with E-state index in [2.05, 4.69) is 5.32 Å². The molecule has 1 aliphatic heterocycles. The van der Waals surface area contributed by atoms with Gasteiger partial charge in [0.05, 0.1) is 24.2 Å². The van der Waals surface area contributed by atoms with Crippen molar-refractivity contribution in [2.75, 3.05) is 20.3 Å². The van der Waals surface area contributed by atoms with Gasteiger partial charge in [-0.1, -0.05) is 29.8 Å². The van der Waals surface area contributed by atoms with Gasteiger partial charge in [-0.05, 0) is 25.5 Å². The van der Waals surface area contributed by atoms with Gasteiger partial charge in [0.15, 0.2) is 0 Å². The summed E-state index contributed by atoms with van der Waals surface area (Å²) in [7, 11) is 1.30. The van der Waals surface area contributed by atoms with Gasteiger partial charge in [0.25, 0.3) is 0 Å². The number of nitrogens with two attached hydrogens (primary N) is 1. The molecule has 25 heavy (non-hydrogen) atoms. The van der Waals surface area contributed by atoms with E-state index in [-0.39, 0.29) is 13.2 Å². The monoisotopic (exact) mass is 364 g/mol. The third kappa shape index (κ3) is 3.86. The molecule has 0 spiro atoms. The number of ether oxygens (including phenoxy) is 2. The Morgan fingerprint density at radius 2 is 1.76 bits per heavy atom. The van der Waals surface area contributed by atoms with Crippen LogP contribution in [-0.4, -0.2) is 32.2 Å². The second kappa shape index (κ2) is 8.18. The molecular weight excluding hydrogens is 344 g/mol. The van der Waals surface area contributed by atoms with Gasteiger partial charge in [-0.15, -0.1) is 0 Å². The number of methoxy groups -OCH3 is 1. The Morgan fingerprint density at radius 3 is 2.32 bits per heavy atom. The van der Waals surface area contributed by atoms with Crippen LogP contribution in [0.1, 0.15) is 25.3 Å². The highest BCUT2D eigenvalue weighted by atomic mass is 35.5. The first-order chi connectivity index (χ1) is 11.9. The fourth-order valence-corrected chi connectivity index (χ4v) is 3.14. The van der Waals surface area contributed by atoms with Crippen molar-refractivity contribution in [1.29, 1.82) is 0 Å². The standard InChI is InChI=1S/C18H21ClN2O4/c1-10-14(17(22)24-3)16(12-6-4-5-7-13(12)19)15(11(2)21-10)18(23)25-9-8-20/h4-7,16,21H,8-9,20H2,1-3H3. The number of hydrogen-bond acceptors (Lipinski definition) is 6. The van der Waals surface area contributed by atoms with Crippen molar-refractivity contribution in [1.82, 2.24) is 5.32 Å². The van der Waals surface area contributed by atoms with Crippen molar-refractivity contribution in [3.8, 4) is 0 Å². The molecule has 6 nitrogen and oxygen atoms in total. The molecule has 0 saturated carbocycles. The minimum absolute atomic E-state index is 0.0844. The number of allylic oxidation sites excluding steroid dienone is 2. The number of dihydropyridines is 1. The van der Waals surface area contributed by atoms with E-state index in [0.29, 0.717) is 33.1 Å². The van der Waals surface area contributed by atoms with Crippen LogP contribution in [0.3, 0.4) is 0 Å². The lowest BCUT2D eigenvalue weighted by atomic mass is 9.80. The van der Waals surface area contributed by atoms with E-state index in [1.165, 1.54) is 7.11 Å². The number of hydrogen-bond donors (Lipinski definition) is 2. The van der Waals surface area contributed by atoms with Gasteiger partial charge in [-0.25, -0.2) is 9.59 Å². The molecule has 134 valence electrons. The highest BCUT2D eigenvalue weighted by Gasteiger charge is 2.38. The molecule has 0 amide bonds. The van der Waals surface area contributed by atoms with Gasteiger partial charge >= 0.3 is 11.9 Å². The second-order valence-corrected chi connectivity index (χ2v) is 5.98. The summed E-state index contributed by atoms with van der Waals surface area (Å²) in [6, 6.07) is 7.06. The Labute approximate surface area is 151 Å². The van der Waals surface area contributed by atoms with E-state index in [1.54, 1.807) is 38.1 Å². The molecule has 0 bridgehead atoms. The maximum Gasteiger partial charge on any atom is 0.336 e. The summed E-state index contributed by atoms with van der Waals surface area (Å²) in [5.41, 5.74) is 7.87. The topological polar surface area (TPSA) is 90.6 Å². The quantitative estimate of drug-likeness (QED) is 0.779. The Hall–Kier alpha value is -2.31. The minimum atomic E-state index is -0.687. The molecule has 1 aromatic rings. The van der Waals surface area contributed by atoms with Gasteiger partial charge in [-0.3, -0.25) is 0 Å². The molecule has 1 heterocycles. The van der Waals surface area contributed by atoms with Gasteiger partial charge in [0.1, 0.15) is 6.61 Å². The fourth-order valence-electron chi connectivity index (χ4n) is 2.89. The molecule has 1 aromatic carbocycles. The van der Waals surface area contributed by atoms with E-state index in [4.69, 9.17) is 26.8 Å². The maximum absolute atomic E-state index is 12.6. The molecule has 2 rings (SSSR count). The van der Waals surface area contributed by atoms with Crippen LogP contribution in [0.2, 0.25) is 5.02 Å². The van der Waals surface area contributed by atoms with E-state index in [0.717, 1.165) is 0 Å². The lowest BCUT2D eigenvalue weighted by Gasteiger charge is -2.30. The van der Waals surface area contributed by atoms with Crippen molar-refractivity contribution in [2.24, 2.45) is 5.73 Å².